The first-order valence-electron chi connectivity index (χ1n) is 15.0. The van der Waals surface area contributed by atoms with Crippen LogP contribution in [0.4, 0.5) is 5.69 Å². The molecule has 1 fully saturated rings. The van der Waals surface area contributed by atoms with Gasteiger partial charge in [0.05, 0.1) is 10.6 Å². The van der Waals surface area contributed by atoms with Gasteiger partial charge in [-0.3, -0.25) is 13.9 Å². The molecule has 0 saturated heterocycles. The van der Waals surface area contributed by atoms with E-state index in [9.17, 15) is 18.0 Å². The summed E-state index contributed by atoms with van der Waals surface area (Å²) in [7, 11) is -4.13. The Kier molecular flexibility index (Phi) is 10.9. The maximum atomic E-state index is 14.3. The van der Waals surface area contributed by atoms with Crippen molar-refractivity contribution >= 4 is 39.1 Å². The molecule has 0 bridgehead atoms. The number of rotatable bonds is 12. The summed E-state index contributed by atoms with van der Waals surface area (Å²) in [6, 6.07) is 20.3. The molecule has 1 aliphatic rings. The summed E-state index contributed by atoms with van der Waals surface area (Å²) in [6.45, 7) is 7.46. The van der Waals surface area contributed by atoms with Gasteiger partial charge in [0.15, 0.2) is 0 Å². The van der Waals surface area contributed by atoms with Crippen LogP contribution in [0.2, 0.25) is 5.02 Å². The van der Waals surface area contributed by atoms with Crippen molar-refractivity contribution in [3.63, 3.8) is 0 Å². The number of sulfonamides is 1. The van der Waals surface area contributed by atoms with Crippen LogP contribution in [0.15, 0.2) is 77.7 Å². The number of anilines is 1. The van der Waals surface area contributed by atoms with Crippen LogP contribution >= 0.6 is 11.6 Å². The second-order valence-electron chi connectivity index (χ2n) is 11.6. The van der Waals surface area contributed by atoms with Gasteiger partial charge in [0.1, 0.15) is 12.6 Å². The Balaban J connectivity index is 1.73. The highest BCUT2D eigenvalue weighted by molar-refractivity contribution is 7.92. The van der Waals surface area contributed by atoms with Gasteiger partial charge in [0, 0.05) is 17.6 Å². The Morgan fingerprint density at radius 3 is 2.16 bits per heavy atom. The molecule has 0 unspecified atom stereocenters. The molecule has 0 radical (unpaired) electrons. The third-order valence-corrected chi connectivity index (χ3v) is 10.3. The molecule has 230 valence electrons. The standard InChI is InChI=1S/C34H42ClN3O4S/c1-5-32(34(40)36-28-11-7-8-12-28)37(22-27-10-6-9-13-31(27)35)33(39)23-38(29-18-16-26(17-19-29)24(2)3)43(41,42)30-20-14-25(4)15-21-30/h6,9-10,13-21,24,28,32H,5,7-8,11-12,22-23H2,1-4H3,(H,36,40)/t32-/m1/s1. The third-order valence-electron chi connectivity index (χ3n) is 8.12. The number of aryl methyl sites for hydroxylation is 1. The van der Waals surface area contributed by atoms with E-state index in [2.05, 4.69) is 19.2 Å². The summed E-state index contributed by atoms with van der Waals surface area (Å²) in [5, 5.41) is 3.60. The summed E-state index contributed by atoms with van der Waals surface area (Å²) in [5.41, 5.74) is 3.03. The normalized spacial score (nSPS) is 14.5. The average Bonchev–Trinajstić information content (AvgIpc) is 3.50. The third kappa shape index (κ3) is 7.98. The van der Waals surface area contributed by atoms with Gasteiger partial charge < -0.3 is 10.2 Å². The lowest BCUT2D eigenvalue weighted by Gasteiger charge is -2.34. The molecule has 4 rings (SSSR count). The number of hydrogen-bond donors (Lipinski definition) is 1. The minimum atomic E-state index is -4.13. The predicted octanol–water partition coefficient (Wildman–Crippen LogP) is 6.83. The molecule has 1 N–H and O–H groups in total. The number of carbonyl (C=O) groups is 2. The molecule has 3 aromatic rings. The molecule has 0 heterocycles. The molecule has 2 amide bonds. The van der Waals surface area contributed by atoms with Crippen LogP contribution in [0.3, 0.4) is 0 Å². The van der Waals surface area contributed by atoms with Crippen molar-refractivity contribution in [3.8, 4) is 0 Å². The lowest BCUT2D eigenvalue weighted by atomic mass is 10.0. The van der Waals surface area contributed by atoms with Crippen molar-refractivity contribution in [2.24, 2.45) is 0 Å². The summed E-state index contributed by atoms with van der Waals surface area (Å²) in [5.74, 6) is -0.464. The van der Waals surface area contributed by atoms with Crippen LogP contribution in [0.5, 0.6) is 0 Å². The van der Waals surface area contributed by atoms with E-state index >= 15 is 0 Å². The van der Waals surface area contributed by atoms with Crippen molar-refractivity contribution in [2.75, 3.05) is 10.8 Å². The molecule has 9 heteroatoms. The summed E-state index contributed by atoms with van der Waals surface area (Å²) < 4.78 is 29.3. The van der Waals surface area contributed by atoms with E-state index in [-0.39, 0.29) is 29.3 Å². The zero-order valence-corrected chi connectivity index (χ0v) is 27.0. The first-order valence-corrected chi connectivity index (χ1v) is 16.9. The Labute approximate surface area is 261 Å². The lowest BCUT2D eigenvalue weighted by molar-refractivity contribution is -0.140. The predicted molar refractivity (Wildman–Crippen MR) is 173 cm³/mol. The number of hydrogen-bond acceptors (Lipinski definition) is 4. The second kappa shape index (κ2) is 14.4. The number of halogens is 1. The van der Waals surface area contributed by atoms with Gasteiger partial charge >= 0.3 is 0 Å². The van der Waals surface area contributed by atoms with Crippen molar-refractivity contribution in [1.82, 2.24) is 10.2 Å². The topological polar surface area (TPSA) is 86.8 Å². The molecule has 1 aliphatic carbocycles. The summed E-state index contributed by atoms with van der Waals surface area (Å²) in [6.07, 6.45) is 4.31. The fourth-order valence-corrected chi connectivity index (χ4v) is 7.10. The van der Waals surface area contributed by atoms with E-state index in [0.717, 1.165) is 41.1 Å². The van der Waals surface area contributed by atoms with Crippen LogP contribution in [0.1, 0.15) is 75.5 Å². The minimum absolute atomic E-state index is 0.0693. The number of amides is 2. The van der Waals surface area contributed by atoms with E-state index in [0.29, 0.717) is 22.7 Å². The number of nitrogens with one attached hydrogen (secondary N) is 1. The maximum Gasteiger partial charge on any atom is 0.264 e. The molecule has 0 aromatic heterocycles. The van der Waals surface area contributed by atoms with Gasteiger partial charge in [-0.1, -0.05) is 93.2 Å². The number of nitrogens with zero attached hydrogens (tertiary/aromatic N) is 2. The zero-order valence-electron chi connectivity index (χ0n) is 25.4. The molecule has 7 nitrogen and oxygen atoms in total. The lowest BCUT2D eigenvalue weighted by Crippen LogP contribution is -2.53. The number of benzene rings is 3. The highest BCUT2D eigenvalue weighted by Crippen LogP contribution is 2.28. The Morgan fingerprint density at radius 1 is 0.953 bits per heavy atom. The van der Waals surface area contributed by atoms with Gasteiger partial charge in [0.2, 0.25) is 11.8 Å². The first kappa shape index (κ1) is 32.6. The molecule has 0 spiro atoms. The van der Waals surface area contributed by atoms with Gasteiger partial charge in [-0.2, -0.15) is 0 Å². The fraction of sp³-hybridized carbons (Fsp3) is 0.412. The molecule has 1 saturated carbocycles. The van der Waals surface area contributed by atoms with Gasteiger partial charge in [-0.05, 0) is 73.6 Å². The van der Waals surface area contributed by atoms with Crippen molar-refractivity contribution in [2.45, 2.75) is 89.2 Å². The SMILES string of the molecule is CC[C@H](C(=O)NC1CCCC1)N(Cc1ccccc1Cl)C(=O)CN(c1ccc(C(C)C)cc1)S(=O)(=O)c1ccc(C)cc1. The largest absolute Gasteiger partial charge is 0.352 e. The van der Waals surface area contributed by atoms with Crippen LogP contribution in [-0.2, 0) is 26.2 Å². The molecule has 3 aromatic carbocycles. The Hall–Kier alpha value is -3.36. The fourth-order valence-electron chi connectivity index (χ4n) is 5.49. The van der Waals surface area contributed by atoms with Crippen molar-refractivity contribution in [1.29, 1.82) is 0 Å². The van der Waals surface area contributed by atoms with E-state index in [1.165, 1.54) is 4.90 Å². The van der Waals surface area contributed by atoms with Gasteiger partial charge in [-0.25, -0.2) is 8.42 Å². The molecule has 1 atom stereocenters. The van der Waals surface area contributed by atoms with Crippen LogP contribution in [0.25, 0.3) is 0 Å². The van der Waals surface area contributed by atoms with Crippen LogP contribution in [0, 0.1) is 6.92 Å². The van der Waals surface area contributed by atoms with Crippen LogP contribution in [-0.4, -0.2) is 43.8 Å². The van der Waals surface area contributed by atoms with Crippen molar-refractivity contribution < 1.29 is 18.0 Å². The monoisotopic (exact) mass is 623 g/mol. The molecular formula is C34H42ClN3O4S. The smallest absolute Gasteiger partial charge is 0.264 e. The van der Waals surface area contributed by atoms with E-state index in [1.807, 2.05) is 38.1 Å². The van der Waals surface area contributed by atoms with Crippen LogP contribution < -0.4 is 9.62 Å². The quantitative estimate of drug-likeness (QED) is 0.239. The van der Waals surface area contributed by atoms with Gasteiger partial charge in [0.25, 0.3) is 10.0 Å². The van der Waals surface area contributed by atoms with E-state index in [1.54, 1.807) is 48.5 Å². The van der Waals surface area contributed by atoms with E-state index in [4.69, 9.17) is 11.6 Å². The highest BCUT2D eigenvalue weighted by atomic mass is 35.5. The highest BCUT2D eigenvalue weighted by Gasteiger charge is 2.34. The number of carbonyl (C=O) groups excluding carboxylic acids is 2. The van der Waals surface area contributed by atoms with Crippen molar-refractivity contribution in [3.05, 3.63) is 94.5 Å². The first-order chi connectivity index (χ1) is 20.5. The second-order valence-corrected chi connectivity index (χ2v) is 13.9. The Bertz CT molecular complexity index is 1500. The van der Waals surface area contributed by atoms with Gasteiger partial charge in [-0.15, -0.1) is 0 Å². The summed E-state index contributed by atoms with van der Waals surface area (Å²) in [4.78, 5) is 29.4. The average molecular weight is 624 g/mol. The summed E-state index contributed by atoms with van der Waals surface area (Å²) >= 11 is 6.50. The molecule has 43 heavy (non-hydrogen) atoms. The molecular weight excluding hydrogens is 582 g/mol. The zero-order chi connectivity index (χ0) is 31.1. The maximum absolute atomic E-state index is 14.3. The Morgan fingerprint density at radius 2 is 1.58 bits per heavy atom. The minimum Gasteiger partial charge on any atom is -0.352 e. The van der Waals surface area contributed by atoms with E-state index < -0.39 is 28.5 Å². The molecule has 0 aliphatic heterocycles.